The highest BCUT2D eigenvalue weighted by Gasteiger charge is 2.37. The van der Waals surface area contributed by atoms with Crippen molar-refractivity contribution in [2.24, 2.45) is 11.0 Å². The van der Waals surface area contributed by atoms with Crippen molar-refractivity contribution in [1.82, 2.24) is 0 Å². The number of hydrogen-bond acceptors (Lipinski definition) is 3. The molecule has 0 radical (unpaired) electrons. The molecule has 1 amide bonds. The molecule has 3 rings (SSSR count). The second kappa shape index (κ2) is 9.41. The van der Waals surface area contributed by atoms with Gasteiger partial charge in [-0.2, -0.15) is 5.10 Å². The Bertz CT molecular complexity index is 1040. The summed E-state index contributed by atoms with van der Waals surface area (Å²) in [6.07, 6.45) is 2.75. The van der Waals surface area contributed by atoms with Gasteiger partial charge in [0.25, 0.3) is 5.91 Å². The van der Waals surface area contributed by atoms with Crippen LogP contribution in [0.5, 0.6) is 0 Å². The SMILES string of the molecule is CCCC1=NN(c2ccc(F)cc2)C(=O)C1CC(=Cc1ccc(Cl)c(Cl)c1)C(=O)O. The Morgan fingerprint density at radius 2 is 1.90 bits per heavy atom. The van der Waals surface area contributed by atoms with Gasteiger partial charge in [-0.1, -0.05) is 42.6 Å². The average molecular weight is 449 g/mol. The van der Waals surface area contributed by atoms with E-state index < -0.39 is 17.7 Å². The highest BCUT2D eigenvalue weighted by molar-refractivity contribution is 6.42. The first-order valence-electron chi connectivity index (χ1n) is 9.36. The molecule has 0 aliphatic carbocycles. The van der Waals surface area contributed by atoms with E-state index in [2.05, 4.69) is 5.10 Å². The number of amides is 1. The van der Waals surface area contributed by atoms with E-state index in [4.69, 9.17) is 23.2 Å². The normalized spacial score (nSPS) is 16.7. The first kappa shape index (κ1) is 22.0. The number of carboxylic acids is 1. The Morgan fingerprint density at radius 3 is 2.50 bits per heavy atom. The van der Waals surface area contributed by atoms with E-state index in [1.54, 1.807) is 18.2 Å². The molecule has 1 aliphatic heterocycles. The maximum Gasteiger partial charge on any atom is 0.331 e. The van der Waals surface area contributed by atoms with Crippen LogP contribution in [-0.4, -0.2) is 22.7 Å². The van der Waals surface area contributed by atoms with Gasteiger partial charge in [-0.25, -0.2) is 14.2 Å². The Kier molecular flexibility index (Phi) is 6.90. The molecule has 1 atom stereocenters. The molecule has 0 fully saturated rings. The second-order valence-corrected chi connectivity index (χ2v) is 7.69. The number of anilines is 1. The van der Waals surface area contributed by atoms with Crippen molar-refractivity contribution < 1.29 is 19.1 Å². The van der Waals surface area contributed by atoms with Gasteiger partial charge in [0.2, 0.25) is 0 Å². The summed E-state index contributed by atoms with van der Waals surface area (Å²) in [6, 6.07) is 10.2. The maximum absolute atomic E-state index is 13.2. The lowest BCUT2D eigenvalue weighted by Gasteiger charge is -2.15. The van der Waals surface area contributed by atoms with Crippen molar-refractivity contribution in [3.8, 4) is 0 Å². The summed E-state index contributed by atoms with van der Waals surface area (Å²) in [5.41, 5.74) is 1.66. The molecule has 5 nitrogen and oxygen atoms in total. The summed E-state index contributed by atoms with van der Waals surface area (Å²) in [7, 11) is 0. The van der Waals surface area contributed by atoms with Crippen LogP contribution in [-0.2, 0) is 9.59 Å². The number of nitrogens with zero attached hydrogens (tertiary/aromatic N) is 2. The van der Waals surface area contributed by atoms with Crippen LogP contribution in [0.2, 0.25) is 10.0 Å². The molecule has 1 N–H and O–H groups in total. The summed E-state index contributed by atoms with van der Waals surface area (Å²) in [5.74, 6) is -2.60. The predicted molar refractivity (Wildman–Crippen MR) is 116 cm³/mol. The van der Waals surface area contributed by atoms with Crippen molar-refractivity contribution in [2.75, 3.05) is 5.01 Å². The van der Waals surface area contributed by atoms with Crippen LogP contribution >= 0.6 is 23.2 Å². The summed E-state index contributed by atoms with van der Waals surface area (Å²) < 4.78 is 13.2. The van der Waals surface area contributed by atoms with Gasteiger partial charge in [0.05, 0.1) is 27.4 Å². The summed E-state index contributed by atoms with van der Waals surface area (Å²) in [4.78, 5) is 24.9. The van der Waals surface area contributed by atoms with Gasteiger partial charge in [-0.3, -0.25) is 4.79 Å². The molecule has 0 aromatic heterocycles. The van der Waals surface area contributed by atoms with Gasteiger partial charge < -0.3 is 5.11 Å². The Balaban J connectivity index is 1.91. The zero-order chi connectivity index (χ0) is 21.8. The number of carbonyl (C=O) groups excluding carboxylic acids is 1. The molecular weight excluding hydrogens is 430 g/mol. The number of hydrazone groups is 1. The van der Waals surface area contributed by atoms with Gasteiger partial charge in [-0.15, -0.1) is 0 Å². The molecule has 2 aromatic rings. The lowest BCUT2D eigenvalue weighted by molar-refractivity contribution is -0.132. The first-order valence-corrected chi connectivity index (χ1v) is 10.1. The van der Waals surface area contributed by atoms with Gasteiger partial charge in [0, 0.05) is 5.57 Å². The molecule has 0 spiro atoms. The number of halogens is 3. The minimum atomic E-state index is -1.13. The lowest BCUT2D eigenvalue weighted by Crippen LogP contribution is -2.28. The van der Waals surface area contributed by atoms with E-state index in [-0.39, 0.29) is 17.9 Å². The summed E-state index contributed by atoms with van der Waals surface area (Å²) in [5, 5.41) is 16.0. The van der Waals surface area contributed by atoms with E-state index in [1.807, 2.05) is 6.92 Å². The third-order valence-corrected chi connectivity index (χ3v) is 5.44. The van der Waals surface area contributed by atoms with Crippen LogP contribution in [0, 0.1) is 11.7 Å². The van der Waals surface area contributed by atoms with Gasteiger partial charge in [0.1, 0.15) is 5.82 Å². The second-order valence-electron chi connectivity index (χ2n) is 6.87. The number of carbonyl (C=O) groups is 2. The van der Waals surface area contributed by atoms with E-state index in [9.17, 15) is 19.1 Å². The fourth-order valence-corrected chi connectivity index (χ4v) is 3.53. The third-order valence-electron chi connectivity index (χ3n) is 4.70. The average Bonchev–Trinajstić information content (AvgIpc) is 3.00. The zero-order valence-corrected chi connectivity index (χ0v) is 17.6. The summed E-state index contributed by atoms with van der Waals surface area (Å²) >= 11 is 11.9. The van der Waals surface area contributed by atoms with Gasteiger partial charge >= 0.3 is 5.97 Å². The largest absolute Gasteiger partial charge is 0.478 e. The molecule has 2 aromatic carbocycles. The molecule has 0 saturated carbocycles. The smallest absolute Gasteiger partial charge is 0.331 e. The van der Waals surface area contributed by atoms with Crippen molar-refractivity contribution >= 4 is 52.6 Å². The minimum Gasteiger partial charge on any atom is -0.478 e. The van der Waals surface area contributed by atoms with Crippen LogP contribution in [0.15, 0.2) is 53.1 Å². The predicted octanol–water partition coefficient (Wildman–Crippen LogP) is 5.81. The molecule has 0 bridgehead atoms. The standard InChI is InChI=1S/C22H19Cl2FN2O3/c1-2-3-20-17(21(28)27(26-20)16-7-5-15(25)6-8-16)12-14(22(29)30)10-13-4-9-18(23)19(24)11-13/h4-11,17H,2-3,12H2,1H3,(H,29,30). The quantitative estimate of drug-likeness (QED) is 0.543. The van der Waals surface area contributed by atoms with Crippen LogP contribution in [0.4, 0.5) is 10.1 Å². The number of aliphatic carboxylic acids is 1. The van der Waals surface area contributed by atoms with Crippen molar-refractivity contribution in [3.05, 3.63) is 69.5 Å². The number of hydrogen-bond donors (Lipinski definition) is 1. The fourth-order valence-electron chi connectivity index (χ4n) is 3.22. The third kappa shape index (κ3) is 4.89. The number of carboxylic acid groups (broad SMARTS) is 1. The minimum absolute atomic E-state index is 0.0229. The Labute approximate surface area is 183 Å². The zero-order valence-electron chi connectivity index (χ0n) is 16.1. The Hall–Kier alpha value is -2.70. The van der Waals surface area contributed by atoms with Crippen molar-refractivity contribution in [2.45, 2.75) is 26.2 Å². The first-order chi connectivity index (χ1) is 14.3. The van der Waals surface area contributed by atoms with Crippen molar-refractivity contribution in [1.29, 1.82) is 0 Å². The van der Waals surface area contributed by atoms with E-state index in [1.165, 1.54) is 35.4 Å². The molecule has 8 heteroatoms. The summed E-state index contributed by atoms with van der Waals surface area (Å²) in [6.45, 7) is 1.95. The number of rotatable bonds is 7. The highest BCUT2D eigenvalue weighted by atomic mass is 35.5. The van der Waals surface area contributed by atoms with Crippen molar-refractivity contribution in [3.63, 3.8) is 0 Å². The maximum atomic E-state index is 13.2. The molecule has 1 aliphatic rings. The van der Waals surface area contributed by atoms with E-state index >= 15 is 0 Å². The molecule has 30 heavy (non-hydrogen) atoms. The lowest BCUT2D eigenvalue weighted by atomic mass is 9.91. The molecule has 1 unspecified atom stereocenters. The molecule has 156 valence electrons. The van der Waals surface area contributed by atoms with Crippen LogP contribution in [0.3, 0.4) is 0 Å². The van der Waals surface area contributed by atoms with Gasteiger partial charge in [0.15, 0.2) is 0 Å². The number of benzene rings is 2. The topological polar surface area (TPSA) is 70.0 Å². The Morgan fingerprint density at radius 1 is 1.20 bits per heavy atom. The van der Waals surface area contributed by atoms with E-state index in [0.29, 0.717) is 33.4 Å². The van der Waals surface area contributed by atoms with Crippen LogP contribution in [0.25, 0.3) is 6.08 Å². The highest BCUT2D eigenvalue weighted by Crippen LogP contribution is 2.31. The van der Waals surface area contributed by atoms with Crippen LogP contribution < -0.4 is 5.01 Å². The molecule has 1 heterocycles. The van der Waals surface area contributed by atoms with Gasteiger partial charge in [-0.05, 0) is 60.9 Å². The molecule has 0 saturated heterocycles. The molecular formula is C22H19Cl2FN2O3. The fraction of sp³-hybridized carbons (Fsp3) is 0.227. The monoisotopic (exact) mass is 448 g/mol. The van der Waals surface area contributed by atoms with Crippen LogP contribution in [0.1, 0.15) is 31.7 Å². The van der Waals surface area contributed by atoms with E-state index in [0.717, 1.165) is 6.42 Å².